The van der Waals surface area contributed by atoms with Gasteiger partial charge in [-0.25, -0.2) is 0 Å². The highest BCUT2D eigenvalue weighted by Crippen LogP contribution is 2.40. The highest BCUT2D eigenvalue weighted by molar-refractivity contribution is 4.94. The first-order chi connectivity index (χ1) is 4.72. The van der Waals surface area contributed by atoms with Crippen LogP contribution in [-0.4, -0.2) is 28.8 Å². The number of nitrogens with zero attached hydrogens (tertiary/aromatic N) is 1. The van der Waals surface area contributed by atoms with E-state index in [4.69, 9.17) is 0 Å². The lowest BCUT2D eigenvalue weighted by molar-refractivity contribution is -0.104. The molecule has 2 aliphatic heterocycles. The fourth-order valence-corrected chi connectivity index (χ4v) is 2.37. The maximum Gasteiger partial charge on any atom is 0.118 e. The van der Waals surface area contributed by atoms with Gasteiger partial charge >= 0.3 is 0 Å². The Labute approximate surface area is 61.8 Å². The molecule has 2 saturated heterocycles. The number of fused-ring (bicyclic) bond motifs is 2. The number of piperidine rings is 1. The first kappa shape index (κ1) is 6.62. The third kappa shape index (κ3) is 0.722. The molecule has 0 aromatic rings. The molecule has 2 nitrogen and oxygen atoms in total. The van der Waals surface area contributed by atoms with Gasteiger partial charge in [-0.3, -0.25) is 4.90 Å². The summed E-state index contributed by atoms with van der Waals surface area (Å²) in [7, 11) is 2.05. The van der Waals surface area contributed by atoms with Crippen LogP contribution in [0.25, 0.3) is 0 Å². The lowest BCUT2D eigenvalue weighted by Gasteiger charge is -2.38. The molecule has 2 fully saturated rings. The van der Waals surface area contributed by atoms with Crippen molar-refractivity contribution in [2.75, 3.05) is 7.05 Å². The van der Waals surface area contributed by atoms with Crippen molar-refractivity contribution < 1.29 is 5.11 Å². The number of hydrogen-bond acceptors (Lipinski definition) is 2. The van der Waals surface area contributed by atoms with Crippen molar-refractivity contribution in [1.82, 2.24) is 4.90 Å². The predicted molar refractivity (Wildman–Crippen MR) is 39.6 cm³/mol. The standard InChI is InChI=1S/C8H15NO/c1-9-7-3-2-5-8(9,10)6-4-7/h7,10H,2-6H2,1H3/t7-,8?/m0/s1. The molecule has 0 aromatic carbocycles. The van der Waals surface area contributed by atoms with E-state index in [1.165, 1.54) is 19.3 Å². The second kappa shape index (κ2) is 1.95. The molecule has 2 heteroatoms. The van der Waals surface area contributed by atoms with Gasteiger partial charge in [0.15, 0.2) is 0 Å². The molecule has 1 N–H and O–H groups in total. The van der Waals surface area contributed by atoms with Gasteiger partial charge in [0.1, 0.15) is 5.72 Å². The van der Waals surface area contributed by atoms with Gasteiger partial charge in [0.05, 0.1) is 0 Å². The molecular formula is C8H15NO. The van der Waals surface area contributed by atoms with Crippen LogP contribution in [0.5, 0.6) is 0 Å². The first-order valence-electron chi connectivity index (χ1n) is 4.18. The van der Waals surface area contributed by atoms with Crippen molar-refractivity contribution in [1.29, 1.82) is 0 Å². The molecule has 0 amide bonds. The Morgan fingerprint density at radius 2 is 2.20 bits per heavy atom. The van der Waals surface area contributed by atoms with Gasteiger partial charge in [-0.2, -0.15) is 0 Å². The van der Waals surface area contributed by atoms with Crippen molar-refractivity contribution in [2.45, 2.75) is 43.9 Å². The molecule has 2 rings (SSSR count). The Morgan fingerprint density at radius 3 is 2.80 bits per heavy atom. The summed E-state index contributed by atoms with van der Waals surface area (Å²) in [5.41, 5.74) is -0.414. The second-order valence-electron chi connectivity index (χ2n) is 3.68. The highest BCUT2D eigenvalue weighted by atomic mass is 16.3. The molecular weight excluding hydrogens is 126 g/mol. The zero-order chi connectivity index (χ0) is 7.19. The predicted octanol–water partition coefficient (Wildman–Crippen LogP) is 0.953. The van der Waals surface area contributed by atoms with E-state index < -0.39 is 5.72 Å². The van der Waals surface area contributed by atoms with E-state index in [1.54, 1.807) is 0 Å². The Kier molecular flexibility index (Phi) is 1.29. The first-order valence-corrected chi connectivity index (χ1v) is 4.18. The summed E-state index contributed by atoms with van der Waals surface area (Å²) in [6.07, 6.45) is 5.69. The summed E-state index contributed by atoms with van der Waals surface area (Å²) in [4.78, 5) is 2.16. The smallest absolute Gasteiger partial charge is 0.118 e. The molecule has 1 unspecified atom stereocenters. The molecule has 58 valence electrons. The SMILES string of the molecule is CN1[C@H]2CCCC1(O)CC2. The number of aliphatic hydroxyl groups is 1. The third-order valence-corrected chi connectivity index (χ3v) is 3.20. The van der Waals surface area contributed by atoms with Crippen LogP contribution in [0.2, 0.25) is 0 Å². The molecule has 0 spiro atoms. The van der Waals surface area contributed by atoms with Crippen molar-refractivity contribution in [3.8, 4) is 0 Å². The van der Waals surface area contributed by atoms with Crippen molar-refractivity contribution in [3.63, 3.8) is 0 Å². The largest absolute Gasteiger partial charge is 0.376 e. The molecule has 0 aromatic heterocycles. The Morgan fingerprint density at radius 1 is 1.40 bits per heavy atom. The Balaban J connectivity index is 2.21. The summed E-state index contributed by atoms with van der Waals surface area (Å²) in [5.74, 6) is 0. The van der Waals surface area contributed by atoms with Crippen LogP contribution >= 0.6 is 0 Å². The van der Waals surface area contributed by atoms with Crippen LogP contribution in [0.15, 0.2) is 0 Å². The lowest BCUT2D eigenvalue weighted by Crippen LogP contribution is -2.47. The normalized spacial score (nSPS) is 48.0. The topological polar surface area (TPSA) is 23.5 Å². The second-order valence-corrected chi connectivity index (χ2v) is 3.68. The number of hydrogen-bond donors (Lipinski definition) is 1. The van der Waals surface area contributed by atoms with E-state index in [9.17, 15) is 5.11 Å². The summed E-state index contributed by atoms with van der Waals surface area (Å²) < 4.78 is 0. The van der Waals surface area contributed by atoms with E-state index in [0.29, 0.717) is 6.04 Å². The van der Waals surface area contributed by atoms with Gasteiger partial charge in [0.2, 0.25) is 0 Å². The van der Waals surface area contributed by atoms with E-state index in [1.807, 2.05) is 0 Å². The van der Waals surface area contributed by atoms with Crippen molar-refractivity contribution in [3.05, 3.63) is 0 Å². The quantitative estimate of drug-likeness (QED) is 0.543. The van der Waals surface area contributed by atoms with E-state index in [0.717, 1.165) is 12.8 Å². The van der Waals surface area contributed by atoms with Gasteiger partial charge in [-0.15, -0.1) is 0 Å². The van der Waals surface area contributed by atoms with Gasteiger partial charge in [0.25, 0.3) is 0 Å². The summed E-state index contributed by atoms with van der Waals surface area (Å²) in [6.45, 7) is 0. The zero-order valence-corrected chi connectivity index (χ0v) is 6.51. The van der Waals surface area contributed by atoms with Gasteiger partial charge < -0.3 is 5.11 Å². The molecule has 0 radical (unpaired) electrons. The maximum absolute atomic E-state index is 9.92. The fraction of sp³-hybridized carbons (Fsp3) is 1.00. The monoisotopic (exact) mass is 141 g/mol. The molecule has 10 heavy (non-hydrogen) atoms. The average Bonchev–Trinajstić information content (AvgIpc) is 2.18. The minimum atomic E-state index is -0.414. The lowest BCUT2D eigenvalue weighted by atomic mass is 10.0. The van der Waals surface area contributed by atoms with Gasteiger partial charge in [-0.1, -0.05) is 0 Å². The van der Waals surface area contributed by atoms with Crippen molar-refractivity contribution in [2.24, 2.45) is 0 Å². The van der Waals surface area contributed by atoms with Crippen LogP contribution in [-0.2, 0) is 0 Å². The molecule has 0 saturated carbocycles. The molecule has 2 bridgehead atoms. The van der Waals surface area contributed by atoms with Gasteiger partial charge in [0, 0.05) is 6.04 Å². The van der Waals surface area contributed by atoms with Crippen LogP contribution in [0, 0.1) is 0 Å². The third-order valence-electron chi connectivity index (χ3n) is 3.20. The Bertz CT molecular complexity index is 144. The van der Waals surface area contributed by atoms with Crippen LogP contribution in [0.3, 0.4) is 0 Å². The van der Waals surface area contributed by atoms with E-state index >= 15 is 0 Å². The number of rotatable bonds is 0. The van der Waals surface area contributed by atoms with Crippen molar-refractivity contribution >= 4 is 0 Å². The minimum absolute atomic E-state index is 0.414. The molecule has 2 atom stereocenters. The minimum Gasteiger partial charge on any atom is -0.376 e. The molecule has 2 heterocycles. The Hall–Kier alpha value is -0.0800. The average molecular weight is 141 g/mol. The van der Waals surface area contributed by atoms with E-state index in [2.05, 4.69) is 11.9 Å². The maximum atomic E-state index is 9.92. The summed E-state index contributed by atoms with van der Waals surface area (Å²) in [5, 5.41) is 9.92. The van der Waals surface area contributed by atoms with Crippen LogP contribution < -0.4 is 0 Å². The van der Waals surface area contributed by atoms with E-state index in [-0.39, 0.29) is 0 Å². The fourth-order valence-electron chi connectivity index (χ4n) is 2.37. The summed E-state index contributed by atoms with van der Waals surface area (Å²) >= 11 is 0. The molecule has 0 aliphatic carbocycles. The van der Waals surface area contributed by atoms with Gasteiger partial charge in [-0.05, 0) is 39.2 Å². The highest BCUT2D eigenvalue weighted by Gasteiger charge is 2.44. The van der Waals surface area contributed by atoms with Crippen LogP contribution in [0.1, 0.15) is 32.1 Å². The summed E-state index contributed by atoms with van der Waals surface area (Å²) in [6, 6.07) is 0.679. The van der Waals surface area contributed by atoms with Crippen LogP contribution in [0.4, 0.5) is 0 Å². The molecule has 2 aliphatic rings. The zero-order valence-electron chi connectivity index (χ0n) is 6.51.